The molecule has 0 aliphatic heterocycles. The van der Waals surface area contributed by atoms with Crippen LogP contribution >= 0.6 is 0 Å². The first-order chi connectivity index (χ1) is 9.78. The number of nitrogens with zero attached hydrogens (tertiary/aromatic N) is 2. The second-order valence-electron chi connectivity index (χ2n) is 5.31. The maximum atomic E-state index is 4.49. The molecule has 0 aliphatic carbocycles. The highest BCUT2D eigenvalue weighted by atomic mass is 15.3. The van der Waals surface area contributed by atoms with Crippen molar-refractivity contribution in [1.82, 2.24) is 15.1 Å². The van der Waals surface area contributed by atoms with Gasteiger partial charge >= 0.3 is 0 Å². The molecule has 0 radical (unpaired) electrons. The molecule has 0 amide bonds. The lowest BCUT2D eigenvalue weighted by Gasteiger charge is -2.20. The smallest absolute Gasteiger partial charge is 0.0645 e. The molecule has 0 saturated heterocycles. The van der Waals surface area contributed by atoms with Crippen molar-refractivity contribution in [2.75, 3.05) is 7.05 Å². The van der Waals surface area contributed by atoms with E-state index >= 15 is 0 Å². The standard InChI is InChI=1S/C17H25N3/c1-4-14(5-2)11-17(18-3)15-12-19-20(13-15)16-9-7-6-8-10-16/h6-10,12-14,17-18H,4-5,11H2,1-3H3. The molecule has 0 fully saturated rings. The lowest BCUT2D eigenvalue weighted by Crippen LogP contribution is -2.19. The van der Waals surface area contributed by atoms with Crippen molar-refractivity contribution in [2.24, 2.45) is 5.92 Å². The van der Waals surface area contributed by atoms with Crippen molar-refractivity contribution in [3.8, 4) is 5.69 Å². The van der Waals surface area contributed by atoms with E-state index in [-0.39, 0.29) is 0 Å². The predicted molar refractivity (Wildman–Crippen MR) is 84.1 cm³/mol. The van der Waals surface area contributed by atoms with Crippen molar-refractivity contribution >= 4 is 0 Å². The first-order valence-electron chi connectivity index (χ1n) is 7.55. The normalized spacial score (nSPS) is 12.8. The van der Waals surface area contributed by atoms with Crippen LogP contribution in [0.25, 0.3) is 5.69 Å². The number of nitrogens with one attached hydrogen (secondary N) is 1. The Bertz CT molecular complexity index is 500. The Morgan fingerprint density at radius 1 is 1.15 bits per heavy atom. The van der Waals surface area contributed by atoms with Gasteiger partial charge in [-0.05, 0) is 31.5 Å². The fraction of sp³-hybridized carbons (Fsp3) is 0.471. The third-order valence-electron chi connectivity index (χ3n) is 4.10. The number of para-hydroxylation sites is 1. The van der Waals surface area contributed by atoms with Crippen LogP contribution in [0.3, 0.4) is 0 Å². The quantitative estimate of drug-likeness (QED) is 0.826. The Balaban J connectivity index is 2.14. The van der Waals surface area contributed by atoms with Crippen LogP contribution < -0.4 is 5.32 Å². The zero-order valence-electron chi connectivity index (χ0n) is 12.7. The molecule has 108 valence electrons. The maximum absolute atomic E-state index is 4.49. The summed E-state index contributed by atoms with van der Waals surface area (Å²) >= 11 is 0. The highest BCUT2D eigenvalue weighted by Gasteiger charge is 2.16. The number of rotatable bonds is 7. The monoisotopic (exact) mass is 271 g/mol. The van der Waals surface area contributed by atoms with Crippen LogP contribution in [0, 0.1) is 5.92 Å². The molecule has 1 aromatic carbocycles. The van der Waals surface area contributed by atoms with Gasteiger partial charge in [0.15, 0.2) is 0 Å². The predicted octanol–water partition coefficient (Wildman–Crippen LogP) is 3.96. The Labute approximate surface area is 122 Å². The van der Waals surface area contributed by atoms with E-state index in [0.717, 1.165) is 11.6 Å². The summed E-state index contributed by atoms with van der Waals surface area (Å²) in [5.41, 5.74) is 2.37. The van der Waals surface area contributed by atoms with E-state index in [1.165, 1.54) is 24.8 Å². The molecule has 1 atom stereocenters. The van der Waals surface area contributed by atoms with Crippen molar-refractivity contribution in [3.05, 3.63) is 48.3 Å². The molecular weight excluding hydrogens is 246 g/mol. The highest BCUT2D eigenvalue weighted by Crippen LogP contribution is 2.25. The summed E-state index contributed by atoms with van der Waals surface area (Å²) in [5, 5.41) is 7.92. The van der Waals surface area contributed by atoms with E-state index in [0.29, 0.717) is 6.04 Å². The lowest BCUT2D eigenvalue weighted by molar-refractivity contribution is 0.385. The molecule has 0 bridgehead atoms. The Morgan fingerprint density at radius 2 is 1.85 bits per heavy atom. The SMILES string of the molecule is CCC(CC)CC(NC)c1cnn(-c2ccccc2)c1. The molecule has 3 nitrogen and oxygen atoms in total. The molecule has 0 saturated carbocycles. The molecule has 1 heterocycles. The van der Waals surface area contributed by atoms with Gasteiger partial charge in [-0.3, -0.25) is 0 Å². The third-order valence-corrected chi connectivity index (χ3v) is 4.10. The van der Waals surface area contributed by atoms with Crippen LogP contribution in [-0.2, 0) is 0 Å². The lowest BCUT2D eigenvalue weighted by atomic mass is 9.92. The summed E-state index contributed by atoms with van der Waals surface area (Å²) in [5.74, 6) is 0.771. The zero-order chi connectivity index (χ0) is 14.4. The molecular formula is C17H25N3. The highest BCUT2D eigenvalue weighted by molar-refractivity contribution is 5.31. The van der Waals surface area contributed by atoms with Crippen molar-refractivity contribution in [3.63, 3.8) is 0 Å². The molecule has 1 N–H and O–H groups in total. The van der Waals surface area contributed by atoms with Gasteiger partial charge in [-0.15, -0.1) is 0 Å². The number of hydrogen-bond donors (Lipinski definition) is 1. The van der Waals surface area contributed by atoms with Crippen LogP contribution in [0.5, 0.6) is 0 Å². The second-order valence-corrected chi connectivity index (χ2v) is 5.31. The van der Waals surface area contributed by atoms with E-state index < -0.39 is 0 Å². The maximum Gasteiger partial charge on any atom is 0.0645 e. The van der Waals surface area contributed by atoms with Gasteiger partial charge in [0, 0.05) is 17.8 Å². The fourth-order valence-electron chi connectivity index (χ4n) is 2.61. The van der Waals surface area contributed by atoms with Crippen LogP contribution in [0.1, 0.15) is 44.7 Å². The van der Waals surface area contributed by atoms with Crippen LogP contribution in [0.15, 0.2) is 42.7 Å². The molecule has 0 aliphatic rings. The number of aromatic nitrogens is 2. The summed E-state index contributed by atoms with van der Waals surface area (Å²) in [6.07, 6.45) is 7.77. The van der Waals surface area contributed by atoms with Gasteiger partial charge in [0.05, 0.1) is 11.9 Å². The minimum atomic E-state index is 0.386. The van der Waals surface area contributed by atoms with Crippen LogP contribution in [0.4, 0.5) is 0 Å². The summed E-state index contributed by atoms with van der Waals surface area (Å²) in [4.78, 5) is 0. The average Bonchev–Trinajstić information content (AvgIpc) is 2.99. The van der Waals surface area contributed by atoms with E-state index in [9.17, 15) is 0 Å². The Kier molecular flexibility index (Phi) is 5.36. The van der Waals surface area contributed by atoms with Crippen LogP contribution in [-0.4, -0.2) is 16.8 Å². The van der Waals surface area contributed by atoms with Gasteiger partial charge in [-0.1, -0.05) is 44.9 Å². The molecule has 2 aromatic rings. The van der Waals surface area contributed by atoms with Crippen LogP contribution in [0.2, 0.25) is 0 Å². The van der Waals surface area contributed by atoms with Gasteiger partial charge in [-0.2, -0.15) is 5.10 Å². The second kappa shape index (κ2) is 7.25. The fourth-order valence-corrected chi connectivity index (χ4v) is 2.61. The first kappa shape index (κ1) is 14.8. The molecule has 3 heteroatoms. The van der Waals surface area contributed by atoms with E-state index in [2.05, 4.69) is 42.6 Å². The Morgan fingerprint density at radius 3 is 2.45 bits per heavy atom. The van der Waals surface area contributed by atoms with Gasteiger partial charge in [-0.25, -0.2) is 4.68 Å². The third kappa shape index (κ3) is 3.48. The number of benzene rings is 1. The Hall–Kier alpha value is -1.61. The van der Waals surface area contributed by atoms with Gasteiger partial charge in [0.2, 0.25) is 0 Å². The van der Waals surface area contributed by atoms with Crippen molar-refractivity contribution in [1.29, 1.82) is 0 Å². The molecule has 1 aromatic heterocycles. The average molecular weight is 271 g/mol. The van der Waals surface area contributed by atoms with Gasteiger partial charge in [0.1, 0.15) is 0 Å². The molecule has 0 spiro atoms. The van der Waals surface area contributed by atoms with Crippen molar-refractivity contribution < 1.29 is 0 Å². The largest absolute Gasteiger partial charge is 0.313 e. The summed E-state index contributed by atoms with van der Waals surface area (Å²) in [7, 11) is 2.03. The zero-order valence-corrected chi connectivity index (χ0v) is 12.7. The van der Waals surface area contributed by atoms with E-state index in [4.69, 9.17) is 0 Å². The minimum Gasteiger partial charge on any atom is -0.313 e. The topological polar surface area (TPSA) is 29.9 Å². The molecule has 20 heavy (non-hydrogen) atoms. The minimum absolute atomic E-state index is 0.386. The molecule has 1 unspecified atom stereocenters. The summed E-state index contributed by atoms with van der Waals surface area (Å²) < 4.78 is 1.95. The van der Waals surface area contributed by atoms with E-state index in [1.54, 1.807) is 0 Å². The van der Waals surface area contributed by atoms with Crippen molar-refractivity contribution in [2.45, 2.75) is 39.2 Å². The molecule has 2 rings (SSSR count). The first-order valence-corrected chi connectivity index (χ1v) is 7.55. The van der Waals surface area contributed by atoms with E-state index in [1.807, 2.05) is 36.1 Å². The number of hydrogen-bond acceptors (Lipinski definition) is 2. The van der Waals surface area contributed by atoms with Gasteiger partial charge in [0.25, 0.3) is 0 Å². The summed E-state index contributed by atoms with van der Waals surface area (Å²) in [6.45, 7) is 4.54. The summed E-state index contributed by atoms with van der Waals surface area (Å²) in [6, 6.07) is 10.6. The van der Waals surface area contributed by atoms with Gasteiger partial charge < -0.3 is 5.32 Å².